The van der Waals surface area contributed by atoms with Crippen LogP contribution in [0.1, 0.15) is 11.1 Å². The quantitative estimate of drug-likeness (QED) is 0.163. The molecule has 0 aliphatic carbocycles. The van der Waals surface area contributed by atoms with Gasteiger partial charge in [-0.15, -0.1) is 0 Å². The number of non-ortho nitro benzene ring substituents is 1. The van der Waals surface area contributed by atoms with E-state index in [0.717, 1.165) is 17.3 Å². The topological polar surface area (TPSA) is 125 Å². The Bertz CT molecular complexity index is 1390. The molecular weight excluding hydrogens is 506 g/mol. The number of rotatable bonds is 8. The number of benzene rings is 3. The van der Waals surface area contributed by atoms with Gasteiger partial charge in [-0.2, -0.15) is 0 Å². The van der Waals surface area contributed by atoms with Crippen molar-refractivity contribution in [3.63, 3.8) is 0 Å². The van der Waals surface area contributed by atoms with Crippen molar-refractivity contribution in [1.29, 1.82) is 0 Å². The lowest BCUT2D eigenvalue weighted by Crippen LogP contribution is -2.27. The summed E-state index contributed by atoms with van der Waals surface area (Å²) in [6, 6.07) is 17.3. The minimum atomic E-state index is -0.572. The van der Waals surface area contributed by atoms with Gasteiger partial charge in [0.25, 0.3) is 17.3 Å². The molecule has 1 fully saturated rings. The van der Waals surface area contributed by atoms with Crippen molar-refractivity contribution < 1.29 is 24.1 Å². The standard InChI is InChI=1S/C24H17N3O7S2/c1-33-20-11-16(19(27(31)32)13-21(20)34-14-15-5-3-2-4-6-15)12-22-23(28)25(24(35)36-22)17-7-9-18(10-8-17)26(29)30/h2-13H,14H2,1H3/b22-12-. The molecule has 0 atom stereocenters. The second kappa shape index (κ2) is 10.5. The molecule has 1 aliphatic heterocycles. The number of carbonyl (C=O) groups is 1. The van der Waals surface area contributed by atoms with Gasteiger partial charge in [0.2, 0.25) is 0 Å². The fourth-order valence-corrected chi connectivity index (χ4v) is 4.69. The molecule has 12 heteroatoms. The van der Waals surface area contributed by atoms with E-state index in [2.05, 4.69) is 0 Å². The van der Waals surface area contributed by atoms with E-state index < -0.39 is 15.8 Å². The van der Waals surface area contributed by atoms with E-state index in [0.29, 0.717) is 5.69 Å². The second-order valence-electron chi connectivity index (χ2n) is 7.38. The van der Waals surface area contributed by atoms with Crippen molar-refractivity contribution in [2.45, 2.75) is 6.61 Å². The van der Waals surface area contributed by atoms with Crippen LogP contribution in [-0.2, 0) is 11.4 Å². The number of anilines is 1. The number of ether oxygens (including phenoxy) is 2. The number of thiocarbonyl (C=S) groups is 1. The normalized spacial score (nSPS) is 14.2. The van der Waals surface area contributed by atoms with Crippen LogP contribution in [0.2, 0.25) is 0 Å². The Morgan fingerprint density at radius 1 is 1.00 bits per heavy atom. The minimum Gasteiger partial charge on any atom is -0.493 e. The van der Waals surface area contributed by atoms with Crippen LogP contribution in [0.25, 0.3) is 6.08 Å². The summed E-state index contributed by atoms with van der Waals surface area (Å²) in [5, 5.41) is 22.7. The van der Waals surface area contributed by atoms with Gasteiger partial charge in [-0.05, 0) is 29.8 Å². The molecule has 1 amide bonds. The maximum Gasteiger partial charge on any atom is 0.280 e. The lowest BCUT2D eigenvalue weighted by molar-refractivity contribution is -0.385. The zero-order chi connectivity index (χ0) is 25.8. The highest BCUT2D eigenvalue weighted by Gasteiger charge is 2.34. The average Bonchev–Trinajstić information content (AvgIpc) is 3.15. The fraction of sp³-hybridized carbons (Fsp3) is 0.0833. The van der Waals surface area contributed by atoms with Crippen LogP contribution in [-0.4, -0.2) is 27.2 Å². The molecule has 0 spiro atoms. The number of nitro groups is 2. The van der Waals surface area contributed by atoms with Crippen molar-refractivity contribution >= 4 is 57.3 Å². The molecule has 10 nitrogen and oxygen atoms in total. The zero-order valence-electron chi connectivity index (χ0n) is 18.7. The smallest absolute Gasteiger partial charge is 0.280 e. The van der Waals surface area contributed by atoms with Crippen molar-refractivity contribution in [2.75, 3.05) is 12.0 Å². The van der Waals surface area contributed by atoms with Gasteiger partial charge < -0.3 is 9.47 Å². The number of methoxy groups -OCH3 is 1. The van der Waals surface area contributed by atoms with Crippen LogP contribution < -0.4 is 14.4 Å². The van der Waals surface area contributed by atoms with Crippen LogP contribution in [0.5, 0.6) is 11.5 Å². The van der Waals surface area contributed by atoms with Crippen molar-refractivity contribution in [3.05, 3.63) is 103 Å². The van der Waals surface area contributed by atoms with E-state index in [1.807, 2.05) is 30.3 Å². The predicted molar refractivity (Wildman–Crippen MR) is 139 cm³/mol. The molecule has 3 aromatic carbocycles. The predicted octanol–water partition coefficient (Wildman–Crippen LogP) is 5.50. The molecule has 0 aromatic heterocycles. The third kappa shape index (κ3) is 5.19. The van der Waals surface area contributed by atoms with E-state index in [4.69, 9.17) is 21.7 Å². The number of thioether (sulfide) groups is 1. The molecule has 182 valence electrons. The molecule has 0 radical (unpaired) electrons. The first kappa shape index (κ1) is 24.8. The van der Waals surface area contributed by atoms with Gasteiger partial charge in [-0.25, -0.2) is 0 Å². The largest absolute Gasteiger partial charge is 0.493 e. The Kier molecular flexibility index (Phi) is 7.27. The van der Waals surface area contributed by atoms with Crippen molar-refractivity contribution in [1.82, 2.24) is 0 Å². The third-order valence-electron chi connectivity index (χ3n) is 5.15. The van der Waals surface area contributed by atoms with E-state index in [1.165, 1.54) is 54.5 Å². The highest BCUT2D eigenvalue weighted by Crippen LogP contribution is 2.40. The van der Waals surface area contributed by atoms with Crippen LogP contribution in [0.3, 0.4) is 0 Å². The van der Waals surface area contributed by atoms with Crippen LogP contribution in [0.4, 0.5) is 17.1 Å². The second-order valence-corrected chi connectivity index (χ2v) is 9.06. The number of hydrogen-bond acceptors (Lipinski definition) is 9. The van der Waals surface area contributed by atoms with Gasteiger partial charge in [-0.3, -0.25) is 29.9 Å². The molecule has 0 saturated carbocycles. The van der Waals surface area contributed by atoms with Crippen molar-refractivity contribution in [3.8, 4) is 11.5 Å². The molecule has 1 aliphatic rings. The Morgan fingerprint density at radius 3 is 2.31 bits per heavy atom. The fourth-order valence-electron chi connectivity index (χ4n) is 3.40. The zero-order valence-corrected chi connectivity index (χ0v) is 20.3. The van der Waals surface area contributed by atoms with E-state index in [9.17, 15) is 25.0 Å². The number of hydrogen-bond donors (Lipinski definition) is 0. The number of nitro benzene ring substituents is 2. The summed E-state index contributed by atoms with van der Waals surface area (Å²) in [4.78, 5) is 36.1. The highest BCUT2D eigenvalue weighted by molar-refractivity contribution is 8.27. The summed E-state index contributed by atoms with van der Waals surface area (Å²) in [5.74, 6) is -0.0613. The van der Waals surface area contributed by atoms with Gasteiger partial charge >= 0.3 is 0 Å². The lowest BCUT2D eigenvalue weighted by Gasteiger charge is -2.14. The number of nitrogens with zero attached hydrogens (tertiary/aromatic N) is 3. The molecule has 4 rings (SSSR count). The summed E-state index contributed by atoms with van der Waals surface area (Å²) < 4.78 is 11.3. The van der Waals surface area contributed by atoms with Crippen LogP contribution >= 0.6 is 24.0 Å². The monoisotopic (exact) mass is 523 g/mol. The van der Waals surface area contributed by atoms with Gasteiger partial charge in [0, 0.05) is 12.1 Å². The highest BCUT2D eigenvalue weighted by atomic mass is 32.2. The molecule has 1 saturated heterocycles. The summed E-state index contributed by atoms with van der Waals surface area (Å²) in [7, 11) is 1.41. The first-order chi connectivity index (χ1) is 17.3. The van der Waals surface area contributed by atoms with E-state index in [-0.39, 0.29) is 44.3 Å². The molecule has 36 heavy (non-hydrogen) atoms. The first-order valence-electron chi connectivity index (χ1n) is 10.3. The Morgan fingerprint density at radius 2 is 1.69 bits per heavy atom. The van der Waals surface area contributed by atoms with E-state index >= 15 is 0 Å². The maximum atomic E-state index is 13.1. The molecule has 0 N–H and O–H groups in total. The summed E-state index contributed by atoms with van der Waals surface area (Å²) in [6.07, 6.45) is 1.37. The lowest BCUT2D eigenvalue weighted by atomic mass is 10.1. The Balaban J connectivity index is 1.65. The third-order valence-corrected chi connectivity index (χ3v) is 6.45. The Hall–Kier alpha value is -4.29. The average molecular weight is 524 g/mol. The SMILES string of the molecule is COc1cc(/C=C2\SC(=S)N(c3ccc([N+](=O)[O-])cc3)C2=O)c([N+](=O)[O-])cc1OCc1ccccc1. The number of carbonyl (C=O) groups excluding carboxylic acids is 1. The maximum absolute atomic E-state index is 13.1. The van der Waals surface area contributed by atoms with Gasteiger partial charge in [0.1, 0.15) is 6.61 Å². The summed E-state index contributed by atoms with van der Waals surface area (Å²) in [6.45, 7) is 0.182. The van der Waals surface area contributed by atoms with Crippen LogP contribution in [0.15, 0.2) is 71.6 Å². The van der Waals surface area contributed by atoms with Gasteiger partial charge in [0.15, 0.2) is 15.8 Å². The van der Waals surface area contributed by atoms with Crippen molar-refractivity contribution in [2.24, 2.45) is 0 Å². The number of amides is 1. The molecule has 1 heterocycles. The molecule has 3 aromatic rings. The first-order valence-corrected chi connectivity index (χ1v) is 11.6. The molecular formula is C24H17N3O7S2. The molecule has 0 bridgehead atoms. The summed E-state index contributed by atoms with van der Waals surface area (Å²) in [5.41, 5.74) is 0.953. The minimum absolute atomic E-state index is 0.128. The van der Waals surface area contributed by atoms with Gasteiger partial charge in [-0.1, -0.05) is 54.3 Å². The Labute approximate surface area is 214 Å². The van der Waals surface area contributed by atoms with E-state index in [1.54, 1.807) is 0 Å². The van der Waals surface area contributed by atoms with Gasteiger partial charge in [0.05, 0.1) is 39.2 Å². The van der Waals surface area contributed by atoms with Crippen LogP contribution in [0, 0.1) is 20.2 Å². The molecule has 0 unspecified atom stereocenters. The summed E-state index contributed by atoms with van der Waals surface area (Å²) >= 11 is 6.29.